The normalized spacial score (nSPS) is 30.5. The van der Waals surface area contributed by atoms with Crippen LogP contribution in [0.2, 0.25) is 0 Å². The van der Waals surface area contributed by atoms with Gasteiger partial charge in [0.05, 0.1) is 6.54 Å². The maximum atomic E-state index is 12.5. The SMILES string of the molecule is O=CN1C[C@@H](F)C[C@@H]1C(=O)O. The monoisotopic (exact) mass is 161 g/mol. The number of carbonyl (C=O) groups excluding carboxylic acids is 1. The number of nitrogens with zero attached hydrogens (tertiary/aromatic N) is 1. The van der Waals surface area contributed by atoms with Gasteiger partial charge in [-0.1, -0.05) is 0 Å². The zero-order valence-electron chi connectivity index (χ0n) is 5.74. The minimum absolute atomic E-state index is 0.0892. The molecule has 62 valence electrons. The Labute approximate surface area is 62.6 Å². The molecule has 0 spiro atoms. The summed E-state index contributed by atoms with van der Waals surface area (Å²) in [6.07, 6.45) is -0.909. The highest BCUT2D eigenvalue weighted by molar-refractivity contribution is 5.77. The number of amides is 1. The number of hydrogen-bond donors (Lipinski definition) is 1. The fraction of sp³-hybridized carbons (Fsp3) is 0.667. The molecular weight excluding hydrogens is 153 g/mol. The van der Waals surface area contributed by atoms with Gasteiger partial charge in [-0.2, -0.15) is 0 Å². The molecule has 1 heterocycles. The third kappa shape index (κ3) is 1.47. The van der Waals surface area contributed by atoms with Crippen molar-refractivity contribution < 1.29 is 19.1 Å². The molecule has 1 fully saturated rings. The first-order valence-electron chi connectivity index (χ1n) is 3.23. The van der Waals surface area contributed by atoms with Gasteiger partial charge in [0.2, 0.25) is 6.41 Å². The van der Waals surface area contributed by atoms with Crippen molar-refractivity contribution in [3.05, 3.63) is 0 Å². The van der Waals surface area contributed by atoms with Gasteiger partial charge < -0.3 is 10.0 Å². The Hall–Kier alpha value is -1.13. The van der Waals surface area contributed by atoms with Gasteiger partial charge >= 0.3 is 5.97 Å². The van der Waals surface area contributed by atoms with E-state index >= 15 is 0 Å². The zero-order chi connectivity index (χ0) is 8.43. The Kier molecular flexibility index (Phi) is 2.07. The van der Waals surface area contributed by atoms with E-state index in [0.717, 1.165) is 4.90 Å². The van der Waals surface area contributed by atoms with Gasteiger partial charge in [0, 0.05) is 6.42 Å². The van der Waals surface area contributed by atoms with Gasteiger partial charge in [-0.25, -0.2) is 9.18 Å². The first-order chi connectivity index (χ1) is 5.15. The van der Waals surface area contributed by atoms with Crippen LogP contribution in [-0.2, 0) is 9.59 Å². The second kappa shape index (κ2) is 2.86. The third-order valence-electron chi connectivity index (χ3n) is 1.71. The number of hydrogen-bond acceptors (Lipinski definition) is 2. The minimum atomic E-state index is -1.19. The molecule has 0 aromatic heterocycles. The molecule has 0 saturated carbocycles. The number of likely N-dealkylation sites (tertiary alicyclic amines) is 1. The largest absolute Gasteiger partial charge is 0.480 e. The molecule has 1 amide bonds. The van der Waals surface area contributed by atoms with Gasteiger partial charge in [-0.15, -0.1) is 0 Å². The number of carboxylic acids is 1. The summed E-state index contributed by atoms with van der Waals surface area (Å²) >= 11 is 0. The zero-order valence-corrected chi connectivity index (χ0v) is 5.74. The number of alkyl halides is 1. The first-order valence-corrected chi connectivity index (χ1v) is 3.23. The molecular formula is C6H8FNO3. The second-order valence-electron chi connectivity index (χ2n) is 2.49. The van der Waals surface area contributed by atoms with Crippen LogP contribution in [0.5, 0.6) is 0 Å². The van der Waals surface area contributed by atoms with Crippen molar-refractivity contribution in [1.29, 1.82) is 0 Å². The summed E-state index contributed by atoms with van der Waals surface area (Å²) in [7, 11) is 0. The van der Waals surface area contributed by atoms with Crippen molar-refractivity contribution in [2.45, 2.75) is 18.6 Å². The van der Waals surface area contributed by atoms with Crippen LogP contribution in [0.3, 0.4) is 0 Å². The summed E-state index contributed by atoms with van der Waals surface area (Å²) in [5.74, 6) is -1.14. The van der Waals surface area contributed by atoms with E-state index in [1.165, 1.54) is 0 Å². The van der Waals surface area contributed by atoms with Crippen molar-refractivity contribution in [2.75, 3.05) is 6.54 Å². The molecule has 0 aromatic carbocycles. The van der Waals surface area contributed by atoms with Gasteiger partial charge in [0.25, 0.3) is 0 Å². The van der Waals surface area contributed by atoms with Gasteiger partial charge in [-0.3, -0.25) is 4.79 Å². The molecule has 2 atom stereocenters. The van der Waals surface area contributed by atoms with Gasteiger partial charge in [0.1, 0.15) is 12.2 Å². The predicted octanol–water partition coefficient (Wildman–Crippen LogP) is -0.360. The number of halogens is 1. The topological polar surface area (TPSA) is 57.6 Å². The average Bonchev–Trinajstić information content (AvgIpc) is 2.30. The number of aliphatic carboxylic acids is 1. The molecule has 11 heavy (non-hydrogen) atoms. The molecule has 0 radical (unpaired) electrons. The van der Waals surface area contributed by atoms with E-state index in [1.54, 1.807) is 0 Å². The Morgan fingerprint density at radius 3 is 2.73 bits per heavy atom. The standard InChI is InChI=1S/C6H8FNO3/c7-4-1-5(6(10)11)8(2-4)3-9/h3-5H,1-2H2,(H,10,11)/t4-,5+/m0/s1. The molecule has 0 aliphatic carbocycles. The van der Waals surface area contributed by atoms with Crippen molar-refractivity contribution in [3.8, 4) is 0 Å². The van der Waals surface area contributed by atoms with E-state index in [4.69, 9.17) is 5.11 Å². The van der Waals surface area contributed by atoms with E-state index in [1.807, 2.05) is 0 Å². The minimum Gasteiger partial charge on any atom is -0.480 e. The maximum absolute atomic E-state index is 12.5. The van der Waals surface area contributed by atoms with E-state index < -0.39 is 18.2 Å². The summed E-state index contributed by atoms with van der Waals surface area (Å²) in [6, 6.07) is -0.970. The summed E-state index contributed by atoms with van der Waals surface area (Å²) in [4.78, 5) is 21.5. The van der Waals surface area contributed by atoms with E-state index in [-0.39, 0.29) is 13.0 Å². The molecule has 0 aromatic rings. The smallest absolute Gasteiger partial charge is 0.326 e. The Bertz CT molecular complexity index is 185. The van der Waals surface area contributed by atoms with Crippen molar-refractivity contribution >= 4 is 12.4 Å². The number of carbonyl (C=O) groups is 2. The number of carboxylic acid groups (broad SMARTS) is 1. The molecule has 0 unspecified atom stereocenters. The molecule has 1 N–H and O–H groups in total. The average molecular weight is 161 g/mol. The number of rotatable bonds is 2. The van der Waals surface area contributed by atoms with Crippen molar-refractivity contribution in [3.63, 3.8) is 0 Å². The molecule has 1 aliphatic heterocycles. The van der Waals surface area contributed by atoms with Crippen LogP contribution in [0, 0.1) is 0 Å². The lowest BCUT2D eigenvalue weighted by Crippen LogP contribution is -2.34. The summed E-state index contributed by atoms with van der Waals surface area (Å²) in [5.41, 5.74) is 0. The quantitative estimate of drug-likeness (QED) is 0.562. The highest BCUT2D eigenvalue weighted by Gasteiger charge is 2.35. The summed E-state index contributed by atoms with van der Waals surface area (Å²) in [5, 5.41) is 8.47. The molecule has 0 bridgehead atoms. The lowest BCUT2D eigenvalue weighted by molar-refractivity contribution is -0.144. The highest BCUT2D eigenvalue weighted by Crippen LogP contribution is 2.18. The van der Waals surface area contributed by atoms with E-state index in [0.29, 0.717) is 6.41 Å². The van der Waals surface area contributed by atoms with Crippen molar-refractivity contribution in [1.82, 2.24) is 4.90 Å². The molecule has 5 heteroatoms. The van der Waals surface area contributed by atoms with Crippen LogP contribution < -0.4 is 0 Å². The van der Waals surface area contributed by atoms with Gasteiger partial charge in [0.15, 0.2) is 0 Å². The Morgan fingerprint density at radius 2 is 2.36 bits per heavy atom. The summed E-state index contributed by atoms with van der Waals surface area (Å²) in [6.45, 7) is -0.0968. The van der Waals surface area contributed by atoms with Crippen LogP contribution in [0.1, 0.15) is 6.42 Å². The second-order valence-corrected chi connectivity index (χ2v) is 2.49. The molecule has 4 nitrogen and oxygen atoms in total. The van der Waals surface area contributed by atoms with Gasteiger partial charge in [-0.05, 0) is 0 Å². The van der Waals surface area contributed by atoms with E-state index in [2.05, 4.69) is 0 Å². The van der Waals surface area contributed by atoms with Crippen molar-refractivity contribution in [2.24, 2.45) is 0 Å². The molecule has 1 saturated heterocycles. The van der Waals surface area contributed by atoms with Crippen LogP contribution in [-0.4, -0.2) is 41.1 Å². The fourth-order valence-corrected chi connectivity index (χ4v) is 1.17. The fourth-order valence-electron chi connectivity index (χ4n) is 1.17. The highest BCUT2D eigenvalue weighted by atomic mass is 19.1. The lowest BCUT2D eigenvalue weighted by atomic mass is 10.2. The first kappa shape index (κ1) is 7.97. The predicted molar refractivity (Wildman–Crippen MR) is 33.7 cm³/mol. The molecule has 1 aliphatic rings. The lowest BCUT2D eigenvalue weighted by Gasteiger charge is -2.13. The molecule has 1 rings (SSSR count). The Morgan fingerprint density at radius 1 is 1.73 bits per heavy atom. The van der Waals surface area contributed by atoms with Crippen LogP contribution in [0.15, 0.2) is 0 Å². The third-order valence-corrected chi connectivity index (χ3v) is 1.71. The van der Waals surface area contributed by atoms with E-state index in [9.17, 15) is 14.0 Å². The maximum Gasteiger partial charge on any atom is 0.326 e. The van der Waals surface area contributed by atoms with Crippen LogP contribution >= 0.6 is 0 Å². The van der Waals surface area contributed by atoms with Crippen LogP contribution in [0.25, 0.3) is 0 Å². The Balaban J connectivity index is 2.64. The van der Waals surface area contributed by atoms with Crippen LogP contribution in [0.4, 0.5) is 4.39 Å². The summed E-state index contributed by atoms with van der Waals surface area (Å²) < 4.78 is 12.5.